The molecule has 0 saturated carbocycles. The number of rotatable bonds is 0. The van der Waals surface area contributed by atoms with E-state index in [2.05, 4.69) is 0 Å². The Morgan fingerprint density at radius 1 is 0.375 bits per heavy atom. The maximum Gasteiger partial charge on any atom is 2.00 e. The topological polar surface area (TPSA) is 0 Å². The summed E-state index contributed by atoms with van der Waals surface area (Å²) >= 11 is 0. The molecule has 8 heavy (non-hydrogen) atoms. The van der Waals surface area contributed by atoms with Gasteiger partial charge in [-0.2, -0.15) is 0 Å². The van der Waals surface area contributed by atoms with Crippen LogP contribution in [0.25, 0.3) is 0 Å². The van der Waals surface area contributed by atoms with Crippen LogP contribution in [0.3, 0.4) is 0 Å². The van der Waals surface area contributed by atoms with Gasteiger partial charge in [0.2, 0.25) is 0 Å². The van der Waals surface area contributed by atoms with E-state index in [1.165, 1.54) is 0 Å². The molecule has 8 heteroatoms. The fourth-order valence-corrected chi connectivity index (χ4v) is 0. The summed E-state index contributed by atoms with van der Waals surface area (Å²) in [6, 6.07) is 0. The molecule has 0 amide bonds. The van der Waals surface area contributed by atoms with Gasteiger partial charge in [-0.3, -0.25) is 0 Å². The molecule has 0 rings (SSSR count). The van der Waals surface area contributed by atoms with Gasteiger partial charge in [0.05, 0.1) is 0 Å². The van der Waals surface area contributed by atoms with Gasteiger partial charge in [-0.15, -0.1) is 0 Å². The predicted molar refractivity (Wildman–Crippen MR) is 27.7 cm³/mol. The molecule has 0 bridgehead atoms. The maximum absolute atomic E-state index is 0. The quantitative estimate of drug-likeness (QED) is 0.435. The van der Waals surface area contributed by atoms with Crippen molar-refractivity contribution >= 4 is 39.6 Å². The Hall–Kier alpha value is 3.93. The molecule has 0 aliphatic heterocycles. The molecule has 59 valence electrons. The first-order valence-corrected chi connectivity index (χ1v) is 0. The molecule has 0 unspecified atom stereocenters. The fraction of sp³-hybridized carbons (Fsp3) is 0. The Morgan fingerprint density at radius 2 is 0.375 bits per heavy atom. The fourth-order valence-electron chi connectivity index (χ4n) is 0. The van der Waals surface area contributed by atoms with Gasteiger partial charge >= 0.3 is 50.3 Å². The van der Waals surface area contributed by atoms with Crippen LogP contribution in [0.1, 0.15) is 0 Å². The van der Waals surface area contributed by atoms with E-state index in [1.54, 1.807) is 0 Å². The minimum Gasteiger partial charge on any atom is -3.00 e. The molecule has 0 atom stereocenters. The first-order valence-electron chi connectivity index (χ1n) is 0. The van der Waals surface area contributed by atoms with E-state index in [0.29, 0.717) is 0 Å². The third kappa shape index (κ3) is 51.3. The summed E-state index contributed by atoms with van der Waals surface area (Å²) in [4.78, 5) is 0. The van der Waals surface area contributed by atoms with E-state index >= 15 is 0 Å². The van der Waals surface area contributed by atoms with Crippen LogP contribution >= 0.6 is 39.6 Å². The third-order valence-electron chi connectivity index (χ3n) is 0. The van der Waals surface area contributed by atoms with Crippen LogP contribution in [0.4, 0.5) is 0 Å². The van der Waals surface area contributed by atoms with Crippen LogP contribution in [0.2, 0.25) is 0 Å². The minimum absolute atomic E-state index is 0. The van der Waals surface area contributed by atoms with E-state index in [4.69, 9.17) is 0 Å². The SMILES string of the molecule is [Co+2].[Co+2].[Co+2].[Mo].[P-3].[P-3].[P-3].[P-3]. The van der Waals surface area contributed by atoms with Crippen molar-refractivity contribution in [2.45, 2.75) is 0 Å². The summed E-state index contributed by atoms with van der Waals surface area (Å²) in [6.45, 7) is 0. The second-order valence-electron chi connectivity index (χ2n) is 0. The summed E-state index contributed by atoms with van der Waals surface area (Å²) in [5, 5.41) is 0. The molecule has 0 heterocycles. The Balaban J connectivity index is 0. The zero-order valence-corrected chi connectivity index (χ0v) is 11.9. The largest absolute Gasteiger partial charge is 3.00 e. The van der Waals surface area contributed by atoms with E-state index < -0.39 is 0 Å². The van der Waals surface area contributed by atoms with Gasteiger partial charge in [0.1, 0.15) is 0 Å². The van der Waals surface area contributed by atoms with Crippen molar-refractivity contribution < 1.29 is 71.4 Å². The molecule has 0 saturated heterocycles. The summed E-state index contributed by atoms with van der Waals surface area (Å²) in [6.07, 6.45) is 0. The molecule has 0 nitrogen and oxygen atoms in total. The van der Waals surface area contributed by atoms with Gasteiger partial charge in [-0.1, -0.05) is 0 Å². The molecule has 0 N–H and O–H groups in total. The van der Waals surface area contributed by atoms with Gasteiger partial charge < -0.3 is 39.6 Å². The monoisotopic (exact) mass is 399 g/mol. The first kappa shape index (κ1) is 92.3. The summed E-state index contributed by atoms with van der Waals surface area (Å²) < 4.78 is 0. The van der Waals surface area contributed by atoms with E-state index in [0.717, 1.165) is 0 Å². The predicted octanol–water partition coefficient (Wildman–Crippen LogP) is 3.43. The molecule has 0 aliphatic carbocycles. The summed E-state index contributed by atoms with van der Waals surface area (Å²) in [5.41, 5.74) is 0. The van der Waals surface area contributed by atoms with Crippen molar-refractivity contribution in [1.82, 2.24) is 0 Å². The van der Waals surface area contributed by atoms with Gasteiger partial charge in [0.15, 0.2) is 0 Å². The zero-order valence-electron chi connectivity index (χ0n) is 3.20. The Labute approximate surface area is 110 Å². The molecular weight excluding hydrogens is 397 g/mol. The van der Waals surface area contributed by atoms with Gasteiger partial charge in [0.25, 0.3) is 0 Å². The van der Waals surface area contributed by atoms with Gasteiger partial charge in [0, 0.05) is 21.1 Å². The Bertz CT molecular complexity index is 11.2. The van der Waals surface area contributed by atoms with Crippen molar-refractivity contribution in [1.29, 1.82) is 0 Å². The van der Waals surface area contributed by atoms with Crippen molar-refractivity contribution in [3.8, 4) is 0 Å². The van der Waals surface area contributed by atoms with E-state index in [9.17, 15) is 0 Å². The molecule has 0 fully saturated rings. The average molecular weight is 397 g/mol. The van der Waals surface area contributed by atoms with Gasteiger partial charge in [-0.25, -0.2) is 0 Å². The molecule has 3 radical (unpaired) electrons. The van der Waals surface area contributed by atoms with Crippen molar-refractivity contribution in [2.75, 3.05) is 0 Å². The minimum atomic E-state index is 0. The maximum atomic E-state index is 0. The second kappa shape index (κ2) is 69.8. The van der Waals surface area contributed by atoms with Crippen molar-refractivity contribution in [3.05, 3.63) is 0 Å². The molecule has 0 aromatic carbocycles. The third-order valence-corrected chi connectivity index (χ3v) is 0. The Kier molecular flexibility index (Phi) is 806. The normalized spacial score (nSPS) is 0. The van der Waals surface area contributed by atoms with Crippen LogP contribution in [0.5, 0.6) is 0 Å². The average Bonchev–Trinajstić information content (AvgIpc) is 0. The second-order valence-corrected chi connectivity index (χ2v) is 0. The van der Waals surface area contributed by atoms with Gasteiger partial charge in [-0.05, 0) is 0 Å². The van der Waals surface area contributed by atoms with Crippen molar-refractivity contribution in [3.63, 3.8) is 0 Å². The smallest absolute Gasteiger partial charge is 2.00 e. The standard InChI is InChI=1S/3Co.Mo.4P/q3*+2;;4*-3. The molecule has 0 aromatic rings. The summed E-state index contributed by atoms with van der Waals surface area (Å²) in [5.74, 6) is 0. The molecule has 0 spiro atoms. The molecular formula is Co3MoP4-6. The van der Waals surface area contributed by atoms with Crippen molar-refractivity contribution in [2.24, 2.45) is 0 Å². The van der Waals surface area contributed by atoms with E-state index in [1.807, 2.05) is 0 Å². The Morgan fingerprint density at radius 3 is 0.375 bits per heavy atom. The van der Waals surface area contributed by atoms with Crippen LogP contribution in [0.15, 0.2) is 0 Å². The first-order chi connectivity index (χ1) is 0. The van der Waals surface area contributed by atoms with Crippen LogP contribution in [-0.2, 0) is 71.4 Å². The molecule has 0 aliphatic rings. The van der Waals surface area contributed by atoms with E-state index in [-0.39, 0.29) is 111 Å². The summed E-state index contributed by atoms with van der Waals surface area (Å²) in [7, 11) is 0. The van der Waals surface area contributed by atoms with Crippen LogP contribution < -0.4 is 0 Å². The zero-order chi connectivity index (χ0) is 0. The number of hydrogen-bond acceptors (Lipinski definition) is 0. The molecule has 0 aromatic heterocycles. The number of hydrogen-bond donors (Lipinski definition) is 0. The van der Waals surface area contributed by atoms with Crippen LogP contribution in [-0.4, -0.2) is 0 Å². The van der Waals surface area contributed by atoms with Crippen LogP contribution in [0, 0.1) is 0 Å².